The first-order chi connectivity index (χ1) is 8.94. The number of benzene rings is 1. The SMILES string of the molecule is COc1c(C2(C(=O)O)CCCC2)cc(C)c(C)c1O. The molecule has 1 aromatic rings. The van der Waals surface area contributed by atoms with E-state index in [2.05, 4.69) is 0 Å². The van der Waals surface area contributed by atoms with Crippen molar-refractivity contribution < 1.29 is 19.7 Å². The second-order valence-corrected chi connectivity index (χ2v) is 5.34. The van der Waals surface area contributed by atoms with E-state index in [0.717, 1.165) is 24.0 Å². The summed E-state index contributed by atoms with van der Waals surface area (Å²) in [6.45, 7) is 3.68. The van der Waals surface area contributed by atoms with Crippen LogP contribution in [0, 0.1) is 13.8 Å². The Bertz CT molecular complexity index is 513. The van der Waals surface area contributed by atoms with Crippen LogP contribution in [0.25, 0.3) is 0 Å². The second kappa shape index (κ2) is 4.76. The number of aryl methyl sites for hydroxylation is 1. The van der Waals surface area contributed by atoms with Crippen molar-refractivity contribution in [1.82, 2.24) is 0 Å². The molecule has 0 radical (unpaired) electrons. The zero-order chi connectivity index (χ0) is 14.2. The minimum Gasteiger partial charge on any atom is -0.504 e. The van der Waals surface area contributed by atoms with E-state index in [0.29, 0.717) is 24.2 Å². The van der Waals surface area contributed by atoms with E-state index in [-0.39, 0.29) is 5.75 Å². The zero-order valence-electron chi connectivity index (χ0n) is 11.6. The van der Waals surface area contributed by atoms with Crippen molar-refractivity contribution in [1.29, 1.82) is 0 Å². The van der Waals surface area contributed by atoms with E-state index in [9.17, 15) is 15.0 Å². The van der Waals surface area contributed by atoms with Crippen LogP contribution in [-0.2, 0) is 10.2 Å². The molecule has 4 nitrogen and oxygen atoms in total. The van der Waals surface area contributed by atoms with Gasteiger partial charge in [-0.05, 0) is 37.8 Å². The Morgan fingerprint density at radius 1 is 1.32 bits per heavy atom. The maximum absolute atomic E-state index is 11.8. The third kappa shape index (κ3) is 1.95. The van der Waals surface area contributed by atoms with Crippen molar-refractivity contribution >= 4 is 5.97 Å². The highest BCUT2D eigenvalue weighted by Crippen LogP contribution is 2.49. The quantitative estimate of drug-likeness (QED) is 0.881. The van der Waals surface area contributed by atoms with Crippen LogP contribution >= 0.6 is 0 Å². The number of carboxylic acid groups (broad SMARTS) is 1. The van der Waals surface area contributed by atoms with Crippen molar-refractivity contribution in [3.05, 3.63) is 22.8 Å². The molecule has 1 fully saturated rings. The molecule has 1 aromatic carbocycles. The summed E-state index contributed by atoms with van der Waals surface area (Å²) >= 11 is 0. The van der Waals surface area contributed by atoms with Gasteiger partial charge in [0.15, 0.2) is 11.5 Å². The summed E-state index contributed by atoms with van der Waals surface area (Å²) < 4.78 is 5.29. The van der Waals surface area contributed by atoms with Gasteiger partial charge in [-0.3, -0.25) is 4.79 Å². The Labute approximate surface area is 113 Å². The number of aliphatic carboxylic acids is 1. The second-order valence-electron chi connectivity index (χ2n) is 5.34. The van der Waals surface area contributed by atoms with E-state index >= 15 is 0 Å². The van der Waals surface area contributed by atoms with Crippen molar-refractivity contribution in [2.24, 2.45) is 0 Å². The van der Waals surface area contributed by atoms with Gasteiger partial charge in [-0.15, -0.1) is 0 Å². The lowest BCUT2D eigenvalue weighted by Gasteiger charge is -2.28. The molecule has 19 heavy (non-hydrogen) atoms. The number of ether oxygens (including phenoxy) is 1. The summed E-state index contributed by atoms with van der Waals surface area (Å²) in [5.41, 5.74) is 1.32. The van der Waals surface area contributed by atoms with Crippen LogP contribution in [-0.4, -0.2) is 23.3 Å². The molecule has 1 aliphatic rings. The summed E-state index contributed by atoms with van der Waals surface area (Å²) in [7, 11) is 1.47. The predicted octanol–water partition coefficient (Wildman–Crippen LogP) is 2.91. The first-order valence-electron chi connectivity index (χ1n) is 6.55. The van der Waals surface area contributed by atoms with Gasteiger partial charge in [0.1, 0.15) is 0 Å². The van der Waals surface area contributed by atoms with Crippen molar-refractivity contribution in [3.8, 4) is 11.5 Å². The monoisotopic (exact) mass is 264 g/mol. The van der Waals surface area contributed by atoms with Crippen LogP contribution < -0.4 is 4.74 Å². The lowest BCUT2D eigenvalue weighted by molar-refractivity contribution is -0.143. The molecule has 0 saturated heterocycles. The van der Waals surface area contributed by atoms with Gasteiger partial charge in [-0.2, -0.15) is 0 Å². The van der Waals surface area contributed by atoms with Gasteiger partial charge in [-0.25, -0.2) is 0 Å². The Hall–Kier alpha value is -1.71. The molecule has 0 atom stereocenters. The third-order valence-electron chi connectivity index (χ3n) is 4.35. The lowest BCUT2D eigenvalue weighted by atomic mass is 9.77. The molecule has 2 rings (SSSR count). The van der Waals surface area contributed by atoms with Gasteiger partial charge in [0.25, 0.3) is 0 Å². The van der Waals surface area contributed by atoms with Crippen LogP contribution in [0.15, 0.2) is 6.07 Å². The van der Waals surface area contributed by atoms with Crippen LogP contribution in [0.2, 0.25) is 0 Å². The largest absolute Gasteiger partial charge is 0.504 e. The van der Waals surface area contributed by atoms with E-state index in [4.69, 9.17) is 4.74 Å². The maximum Gasteiger partial charge on any atom is 0.314 e. The van der Waals surface area contributed by atoms with Crippen molar-refractivity contribution in [2.75, 3.05) is 7.11 Å². The topological polar surface area (TPSA) is 66.8 Å². The molecule has 0 unspecified atom stereocenters. The molecule has 0 aromatic heterocycles. The highest BCUT2D eigenvalue weighted by molar-refractivity contribution is 5.84. The van der Waals surface area contributed by atoms with Gasteiger partial charge in [0.2, 0.25) is 0 Å². The molecule has 104 valence electrons. The number of hydrogen-bond acceptors (Lipinski definition) is 3. The molecule has 0 spiro atoms. The predicted molar refractivity (Wildman–Crippen MR) is 71.9 cm³/mol. The minimum absolute atomic E-state index is 0.0602. The molecule has 0 aliphatic heterocycles. The molecule has 1 aliphatic carbocycles. The van der Waals surface area contributed by atoms with Gasteiger partial charge in [-0.1, -0.05) is 18.9 Å². The standard InChI is InChI=1S/C15H20O4/c1-9-8-11(13(19-3)12(16)10(9)2)15(14(17)18)6-4-5-7-15/h8,16H,4-7H2,1-3H3,(H,17,18). The summed E-state index contributed by atoms with van der Waals surface area (Å²) in [5, 5.41) is 19.8. The van der Waals surface area contributed by atoms with Gasteiger partial charge >= 0.3 is 5.97 Å². The summed E-state index contributed by atoms with van der Waals surface area (Å²) in [6, 6.07) is 1.85. The maximum atomic E-state index is 11.8. The molecular weight excluding hydrogens is 244 g/mol. The number of hydrogen-bond donors (Lipinski definition) is 2. The molecule has 0 heterocycles. The minimum atomic E-state index is -0.915. The number of carbonyl (C=O) groups is 1. The Balaban J connectivity index is 2.70. The number of carboxylic acids is 1. The molecule has 2 N–H and O–H groups in total. The lowest BCUT2D eigenvalue weighted by Crippen LogP contribution is -2.33. The summed E-state index contributed by atoms with van der Waals surface area (Å²) in [4.78, 5) is 11.8. The summed E-state index contributed by atoms with van der Waals surface area (Å²) in [6.07, 6.45) is 2.98. The molecule has 1 saturated carbocycles. The highest BCUT2D eigenvalue weighted by Gasteiger charge is 2.45. The van der Waals surface area contributed by atoms with Crippen molar-refractivity contribution in [2.45, 2.75) is 44.9 Å². The number of phenols is 1. The van der Waals surface area contributed by atoms with E-state index in [1.807, 2.05) is 13.0 Å². The molecule has 0 amide bonds. The fourth-order valence-corrected chi connectivity index (χ4v) is 3.01. The van der Waals surface area contributed by atoms with Crippen molar-refractivity contribution in [3.63, 3.8) is 0 Å². The Morgan fingerprint density at radius 2 is 1.89 bits per heavy atom. The number of methoxy groups -OCH3 is 1. The normalized spacial score (nSPS) is 17.4. The third-order valence-corrected chi connectivity index (χ3v) is 4.35. The molecular formula is C15H20O4. The smallest absolute Gasteiger partial charge is 0.314 e. The first kappa shape index (κ1) is 13.7. The van der Waals surface area contributed by atoms with E-state index < -0.39 is 11.4 Å². The van der Waals surface area contributed by atoms with E-state index in [1.54, 1.807) is 6.92 Å². The zero-order valence-corrected chi connectivity index (χ0v) is 11.6. The number of aromatic hydroxyl groups is 1. The van der Waals surface area contributed by atoms with Crippen LogP contribution in [0.1, 0.15) is 42.4 Å². The van der Waals surface area contributed by atoms with Crippen LogP contribution in [0.3, 0.4) is 0 Å². The van der Waals surface area contributed by atoms with Gasteiger partial charge in [0.05, 0.1) is 12.5 Å². The average molecular weight is 264 g/mol. The molecule has 0 bridgehead atoms. The van der Waals surface area contributed by atoms with Crippen LogP contribution in [0.4, 0.5) is 0 Å². The first-order valence-corrected chi connectivity index (χ1v) is 6.55. The molecule has 4 heteroatoms. The fraction of sp³-hybridized carbons (Fsp3) is 0.533. The Kier molecular flexibility index (Phi) is 3.43. The highest BCUT2D eigenvalue weighted by atomic mass is 16.5. The number of rotatable bonds is 3. The van der Waals surface area contributed by atoms with Crippen LogP contribution in [0.5, 0.6) is 11.5 Å². The number of phenolic OH excluding ortho intramolecular Hbond substituents is 1. The fourth-order valence-electron chi connectivity index (χ4n) is 3.01. The average Bonchev–Trinajstić information content (AvgIpc) is 2.86. The summed E-state index contributed by atoms with van der Waals surface area (Å²) in [5.74, 6) is -0.455. The van der Waals surface area contributed by atoms with E-state index in [1.165, 1.54) is 7.11 Å². The van der Waals surface area contributed by atoms with Gasteiger partial charge in [0, 0.05) is 5.56 Å². The Morgan fingerprint density at radius 3 is 2.37 bits per heavy atom. The van der Waals surface area contributed by atoms with Gasteiger partial charge < -0.3 is 14.9 Å².